The molecule has 6 heteroatoms. The molecule has 1 aliphatic carbocycles. The molecule has 0 unspecified atom stereocenters. The molecule has 2 amide bonds. The van der Waals surface area contributed by atoms with E-state index in [1.165, 1.54) is 6.26 Å². The lowest BCUT2D eigenvalue weighted by Gasteiger charge is -2.23. The Morgan fingerprint density at radius 2 is 2.14 bits per heavy atom. The molecule has 1 aromatic rings. The Labute approximate surface area is 130 Å². The van der Waals surface area contributed by atoms with Crippen LogP contribution in [0.25, 0.3) is 0 Å². The molecule has 1 heterocycles. The van der Waals surface area contributed by atoms with Gasteiger partial charge in [-0.25, -0.2) is 4.79 Å². The second kappa shape index (κ2) is 6.85. The number of furan rings is 1. The van der Waals surface area contributed by atoms with Gasteiger partial charge in [-0.1, -0.05) is 6.42 Å². The molecule has 0 radical (unpaired) electrons. The Balaban J connectivity index is 1.81. The third-order valence-corrected chi connectivity index (χ3v) is 3.63. The van der Waals surface area contributed by atoms with Crippen LogP contribution in [-0.4, -0.2) is 30.2 Å². The molecule has 0 aliphatic heterocycles. The highest BCUT2D eigenvalue weighted by atomic mass is 16.6. The Hall–Kier alpha value is -1.98. The zero-order chi connectivity index (χ0) is 16.2. The van der Waals surface area contributed by atoms with Crippen molar-refractivity contribution in [3.63, 3.8) is 0 Å². The van der Waals surface area contributed by atoms with Gasteiger partial charge in [0.25, 0.3) is 5.91 Å². The van der Waals surface area contributed by atoms with Crippen molar-refractivity contribution >= 4 is 12.0 Å². The van der Waals surface area contributed by atoms with Crippen LogP contribution in [0, 0.1) is 5.92 Å². The number of rotatable bonds is 4. The summed E-state index contributed by atoms with van der Waals surface area (Å²) < 4.78 is 10.3. The van der Waals surface area contributed by atoms with E-state index in [0.717, 1.165) is 19.3 Å². The first-order valence-electron chi connectivity index (χ1n) is 7.66. The highest BCUT2D eigenvalue weighted by Gasteiger charge is 2.30. The summed E-state index contributed by atoms with van der Waals surface area (Å²) >= 11 is 0. The topological polar surface area (TPSA) is 80.6 Å². The van der Waals surface area contributed by atoms with Crippen LogP contribution < -0.4 is 10.6 Å². The van der Waals surface area contributed by atoms with Crippen LogP contribution >= 0.6 is 0 Å². The van der Waals surface area contributed by atoms with E-state index in [9.17, 15) is 9.59 Å². The number of carbonyl (C=O) groups is 2. The van der Waals surface area contributed by atoms with Gasteiger partial charge in [-0.15, -0.1) is 0 Å². The van der Waals surface area contributed by atoms with Gasteiger partial charge in [-0.3, -0.25) is 4.79 Å². The van der Waals surface area contributed by atoms with Gasteiger partial charge in [0.05, 0.1) is 6.26 Å². The van der Waals surface area contributed by atoms with Crippen LogP contribution in [0.1, 0.15) is 50.6 Å². The zero-order valence-corrected chi connectivity index (χ0v) is 13.3. The van der Waals surface area contributed by atoms with Crippen molar-refractivity contribution in [1.82, 2.24) is 10.6 Å². The summed E-state index contributed by atoms with van der Waals surface area (Å²) in [6, 6.07) is 3.37. The van der Waals surface area contributed by atoms with Gasteiger partial charge >= 0.3 is 6.09 Å². The molecule has 2 atom stereocenters. The second-order valence-electron chi connectivity index (χ2n) is 6.63. The molecule has 1 saturated carbocycles. The van der Waals surface area contributed by atoms with Crippen LogP contribution in [0.4, 0.5) is 4.79 Å². The summed E-state index contributed by atoms with van der Waals surface area (Å²) in [5.41, 5.74) is -0.507. The number of hydrogen-bond donors (Lipinski definition) is 2. The molecule has 1 fully saturated rings. The number of alkyl carbamates (subject to hydrolysis) is 1. The van der Waals surface area contributed by atoms with E-state index >= 15 is 0 Å². The lowest BCUT2D eigenvalue weighted by Crippen LogP contribution is -2.43. The highest BCUT2D eigenvalue weighted by Crippen LogP contribution is 2.25. The predicted molar refractivity (Wildman–Crippen MR) is 81.5 cm³/mol. The normalized spacial score (nSPS) is 21.4. The van der Waals surface area contributed by atoms with Gasteiger partial charge < -0.3 is 19.8 Å². The van der Waals surface area contributed by atoms with Crippen molar-refractivity contribution in [1.29, 1.82) is 0 Å². The first kappa shape index (κ1) is 16.4. The van der Waals surface area contributed by atoms with Crippen LogP contribution in [0.5, 0.6) is 0 Å². The molecule has 22 heavy (non-hydrogen) atoms. The molecular formula is C16H24N2O4. The molecule has 1 aliphatic rings. The highest BCUT2D eigenvalue weighted by molar-refractivity contribution is 5.91. The first-order chi connectivity index (χ1) is 10.3. The minimum atomic E-state index is -0.507. The van der Waals surface area contributed by atoms with Crippen molar-refractivity contribution in [3.05, 3.63) is 24.2 Å². The van der Waals surface area contributed by atoms with Gasteiger partial charge in [0.1, 0.15) is 5.60 Å². The standard InChI is InChI=1S/C16H24N2O4/c1-16(2,3)22-15(20)17-10-11-6-4-7-12(11)18-14(19)13-8-5-9-21-13/h5,8-9,11-12H,4,6-7,10H2,1-3H3,(H,17,20)(H,18,19)/t11-,12+/m1/s1. The lowest BCUT2D eigenvalue weighted by atomic mass is 10.0. The SMILES string of the molecule is CC(C)(C)OC(=O)NC[C@H]1CCC[C@@H]1NC(=O)c1ccco1. The quantitative estimate of drug-likeness (QED) is 0.896. The van der Waals surface area contributed by atoms with Crippen LogP contribution in [0.15, 0.2) is 22.8 Å². The minimum Gasteiger partial charge on any atom is -0.459 e. The van der Waals surface area contributed by atoms with Crippen molar-refractivity contribution in [2.24, 2.45) is 5.92 Å². The van der Waals surface area contributed by atoms with E-state index in [4.69, 9.17) is 9.15 Å². The summed E-state index contributed by atoms with van der Waals surface area (Å²) in [6.07, 6.45) is 3.97. The number of carbonyl (C=O) groups excluding carboxylic acids is 2. The molecular weight excluding hydrogens is 284 g/mol. The Bertz CT molecular complexity index is 505. The number of ether oxygens (including phenoxy) is 1. The van der Waals surface area contributed by atoms with Gasteiger partial charge in [-0.2, -0.15) is 0 Å². The number of amides is 2. The van der Waals surface area contributed by atoms with Gasteiger partial charge in [-0.05, 0) is 51.7 Å². The molecule has 6 nitrogen and oxygen atoms in total. The van der Waals surface area contributed by atoms with Gasteiger partial charge in [0.2, 0.25) is 0 Å². The largest absolute Gasteiger partial charge is 0.459 e. The summed E-state index contributed by atoms with van der Waals surface area (Å²) in [4.78, 5) is 23.7. The van der Waals surface area contributed by atoms with Crippen LogP contribution in [0.3, 0.4) is 0 Å². The minimum absolute atomic E-state index is 0.0486. The molecule has 1 aromatic heterocycles. The predicted octanol–water partition coefficient (Wildman–Crippen LogP) is 2.70. The second-order valence-corrected chi connectivity index (χ2v) is 6.63. The third-order valence-electron chi connectivity index (χ3n) is 3.63. The van der Waals surface area contributed by atoms with E-state index < -0.39 is 11.7 Å². The summed E-state index contributed by atoms with van der Waals surface area (Å²) in [6.45, 7) is 5.98. The van der Waals surface area contributed by atoms with E-state index in [1.807, 2.05) is 20.8 Å². The lowest BCUT2D eigenvalue weighted by molar-refractivity contribution is 0.0517. The Morgan fingerprint density at radius 3 is 2.77 bits per heavy atom. The molecule has 0 saturated heterocycles. The van der Waals surface area contributed by atoms with E-state index in [-0.39, 0.29) is 17.9 Å². The fourth-order valence-corrected chi connectivity index (χ4v) is 2.65. The molecule has 122 valence electrons. The molecule has 0 spiro atoms. The third kappa shape index (κ3) is 4.79. The zero-order valence-electron chi connectivity index (χ0n) is 13.3. The number of hydrogen-bond acceptors (Lipinski definition) is 4. The van der Waals surface area contributed by atoms with E-state index in [2.05, 4.69) is 10.6 Å². The average Bonchev–Trinajstić information content (AvgIpc) is 3.05. The summed E-state index contributed by atoms with van der Waals surface area (Å²) in [5.74, 6) is 0.316. The Morgan fingerprint density at radius 1 is 1.36 bits per heavy atom. The van der Waals surface area contributed by atoms with E-state index in [0.29, 0.717) is 12.3 Å². The monoisotopic (exact) mass is 308 g/mol. The maximum Gasteiger partial charge on any atom is 0.407 e. The molecule has 2 rings (SSSR count). The first-order valence-corrected chi connectivity index (χ1v) is 7.66. The number of nitrogens with one attached hydrogen (secondary N) is 2. The van der Waals surface area contributed by atoms with Crippen molar-refractivity contribution in [3.8, 4) is 0 Å². The summed E-state index contributed by atoms with van der Waals surface area (Å²) in [7, 11) is 0. The average molecular weight is 308 g/mol. The molecule has 0 bridgehead atoms. The Kier molecular flexibility index (Phi) is 5.11. The van der Waals surface area contributed by atoms with Gasteiger partial charge in [0, 0.05) is 12.6 Å². The van der Waals surface area contributed by atoms with Crippen molar-refractivity contribution in [2.75, 3.05) is 6.54 Å². The van der Waals surface area contributed by atoms with E-state index in [1.54, 1.807) is 12.1 Å². The van der Waals surface area contributed by atoms with Crippen LogP contribution in [0.2, 0.25) is 0 Å². The summed E-state index contributed by atoms with van der Waals surface area (Å²) in [5, 5.41) is 5.76. The van der Waals surface area contributed by atoms with Crippen LogP contribution in [-0.2, 0) is 4.74 Å². The molecule has 0 aromatic carbocycles. The smallest absolute Gasteiger partial charge is 0.407 e. The maximum atomic E-state index is 12.0. The van der Waals surface area contributed by atoms with Crippen molar-refractivity contribution < 1.29 is 18.7 Å². The van der Waals surface area contributed by atoms with Crippen molar-refractivity contribution in [2.45, 2.75) is 51.7 Å². The maximum absolute atomic E-state index is 12.0. The van der Waals surface area contributed by atoms with Gasteiger partial charge in [0.15, 0.2) is 5.76 Å². The molecule has 2 N–H and O–H groups in total. The fraction of sp³-hybridized carbons (Fsp3) is 0.625. The fourth-order valence-electron chi connectivity index (χ4n) is 2.65.